The second-order valence-electron chi connectivity index (χ2n) is 3.73. The third-order valence-corrected chi connectivity index (χ3v) is 2.62. The molecule has 1 aromatic rings. The highest BCUT2D eigenvalue weighted by Crippen LogP contribution is 2.30. The normalized spacial score (nSPS) is 16.8. The molecule has 16 heavy (non-hydrogen) atoms. The minimum absolute atomic E-state index is 0.0843. The van der Waals surface area contributed by atoms with Gasteiger partial charge in [-0.3, -0.25) is 9.89 Å². The second-order valence-corrected chi connectivity index (χ2v) is 4.14. The third kappa shape index (κ3) is 2.10. The summed E-state index contributed by atoms with van der Waals surface area (Å²) in [7, 11) is 1.93. The van der Waals surface area contributed by atoms with E-state index in [1.807, 2.05) is 16.8 Å². The Hall–Kier alpha value is -1.33. The number of hydrogen-bond acceptors (Lipinski definition) is 4. The summed E-state index contributed by atoms with van der Waals surface area (Å²) < 4.78 is 13.1. The Labute approximate surface area is 98.1 Å². The molecule has 1 aliphatic heterocycles. The summed E-state index contributed by atoms with van der Waals surface area (Å²) in [4.78, 5) is 7.96. The van der Waals surface area contributed by atoms with E-state index in [0.29, 0.717) is 24.0 Å². The second kappa shape index (κ2) is 4.27. The Morgan fingerprint density at radius 3 is 2.94 bits per heavy atom. The van der Waals surface area contributed by atoms with Crippen molar-refractivity contribution in [1.82, 2.24) is 4.90 Å². The van der Waals surface area contributed by atoms with Crippen LogP contribution in [0.5, 0.6) is 0 Å². The summed E-state index contributed by atoms with van der Waals surface area (Å²) in [5.74, 6) is -0.504. The minimum atomic E-state index is -0.504. The molecule has 0 spiro atoms. The fraction of sp³-hybridized carbons (Fsp3) is 0.300. The van der Waals surface area contributed by atoms with Crippen molar-refractivity contribution in [2.75, 3.05) is 31.0 Å². The summed E-state index contributed by atoms with van der Waals surface area (Å²) in [5, 5.41) is 0.327. The first-order valence-electron chi connectivity index (χ1n) is 4.77. The predicted octanol–water partition coefficient (Wildman–Crippen LogP) is 1.76. The SMILES string of the molecule is CN1CN=CN(c2cc(N)c(F)cc2Cl)C1. The molecule has 2 rings (SSSR count). The summed E-state index contributed by atoms with van der Waals surface area (Å²) in [6.07, 6.45) is 1.68. The molecular weight excluding hydrogens is 231 g/mol. The molecule has 0 radical (unpaired) electrons. The Bertz CT molecular complexity index is 435. The highest BCUT2D eigenvalue weighted by atomic mass is 35.5. The van der Waals surface area contributed by atoms with Crippen molar-refractivity contribution in [3.63, 3.8) is 0 Å². The van der Waals surface area contributed by atoms with Crippen LogP contribution in [0.25, 0.3) is 0 Å². The van der Waals surface area contributed by atoms with E-state index in [9.17, 15) is 4.39 Å². The van der Waals surface area contributed by atoms with Crippen LogP contribution < -0.4 is 10.6 Å². The summed E-state index contributed by atoms with van der Waals surface area (Å²) in [5.41, 5.74) is 6.26. The van der Waals surface area contributed by atoms with Crippen molar-refractivity contribution in [3.8, 4) is 0 Å². The van der Waals surface area contributed by atoms with Crippen LogP contribution in [-0.2, 0) is 0 Å². The van der Waals surface area contributed by atoms with Crippen LogP contribution in [-0.4, -0.2) is 31.6 Å². The minimum Gasteiger partial charge on any atom is -0.396 e. The summed E-state index contributed by atoms with van der Waals surface area (Å²) >= 11 is 5.97. The highest BCUT2D eigenvalue weighted by molar-refractivity contribution is 6.33. The van der Waals surface area contributed by atoms with E-state index >= 15 is 0 Å². The van der Waals surface area contributed by atoms with Crippen molar-refractivity contribution in [1.29, 1.82) is 0 Å². The van der Waals surface area contributed by atoms with Gasteiger partial charge in [-0.15, -0.1) is 0 Å². The van der Waals surface area contributed by atoms with Gasteiger partial charge in [0.05, 0.1) is 36.1 Å². The Morgan fingerprint density at radius 2 is 2.25 bits per heavy atom. The number of halogens is 2. The zero-order valence-corrected chi connectivity index (χ0v) is 9.58. The zero-order chi connectivity index (χ0) is 11.7. The van der Waals surface area contributed by atoms with Gasteiger partial charge >= 0.3 is 0 Å². The maximum Gasteiger partial charge on any atom is 0.147 e. The molecule has 0 saturated heterocycles. The van der Waals surface area contributed by atoms with Gasteiger partial charge in [-0.05, 0) is 19.2 Å². The number of hydrogen-bond donors (Lipinski definition) is 1. The lowest BCUT2D eigenvalue weighted by Crippen LogP contribution is -2.39. The topological polar surface area (TPSA) is 44.9 Å². The number of benzene rings is 1. The number of rotatable bonds is 1. The Morgan fingerprint density at radius 1 is 1.50 bits per heavy atom. The first kappa shape index (κ1) is 11.2. The maximum absolute atomic E-state index is 13.1. The van der Waals surface area contributed by atoms with Crippen molar-refractivity contribution in [2.45, 2.75) is 0 Å². The standard InChI is InChI=1S/C10H12ClFN4/c1-15-4-14-5-16(6-15)10-3-9(13)8(12)2-7(10)11/h2-3,5H,4,6,13H2,1H3. The van der Waals surface area contributed by atoms with Gasteiger partial charge in [-0.2, -0.15) is 0 Å². The van der Waals surface area contributed by atoms with Gasteiger partial charge in [0.25, 0.3) is 0 Å². The molecule has 0 saturated carbocycles. The van der Waals surface area contributed by atoms with E-state index < -0.39 is 5.82 Å². The quantitative estimate of drug-likeness (QED) is 0.764. The van der Waals surface area contributed by atoms with Gasteiger partial charge in [0.15, 0.2) is 0 Å². The number of nitrogen functional groups attached to an aromatic ring is 1. The maximum atomic E-state index is 13.1. The van der Waals surface area contributed by atoms with Gasteiger partial charge in [0.2, 0.25) is 0 Å². The first-order valence-corrected chi connectivity index (χ1v) is 5.15. The summed E-state index contributed by atoms with van der Waals surface area (Å²) in [6, 6.07) is 2.73. The third-order valence-electron chi connectivity index (χ3n) is 2.31. The van der Waals surface area contributed by atoms with Gasteiger partial charge in [0.1, 0.15) is 5.82 Å². The van der Waals surface area contributed by atoms with Gasteiger partial charge in [-0.1, -0.05) is 11.6 Å². The molecule has 1 aromatic carbocycles. The molecule has 2 N–H and O–H groups in total. The molecule has 0 aliphatic carbocycles. The molecule has 1 aliphatic rings. The van der Waals surface area contributed by atoms with E-state index in [2.05, 4.69) is 4.99 Å². The van der Waals surface area contributed by atoms with Crippen molar-refractivity contribution in [3.05, 3.63) is 23.0 Å². The molecular formula is C10H12ClFN4. The molecule has 6 heteroatoms. The average Bonchev–Trinajstić information content (AvgIpc) is 2.23. The molecule has 4 nitrogen and oxygen atoms in total. The Kier molecular flexibility index (Phi) is 2.98. The lowest BCUT2D eigenvalue weighted by Gasteiger charge is -2.29. The van der Waals surface area contributed by atoms with Gasteiger partial charge < -0.3 is 10.6 Å². The van der Waals surface area contributed by atoms with Crippen LogP contribution in [0.2, 0.25) is 5.02 Å². The first-order chi connectivity index (χ1) is 7.58. The van der Waals surface area contributed by atoms with Crippen LogP contribution in [0.4, 0.5) is 15.8 Å². The van der Waals surface area contributed by atoms with Crippen LogP contribution in [0.1, 0.15) is 0 Å². The Balaban J connectivity index is 2.36. The number of anilines is 2. The molecule has 0 atom stereocenters. The molecule has 86 valence electrons. The average molecular weight is 243 g/mol. The lowest BCUT2D eigenvalue weighted by molar-refractivity contribution is 0.347. The number of aliphatic imine (C=N–C) groups is 1. The van der Waals surface area contributed by atoms with E-state index in [-0.39, 0.29) is 5.69 Å². The monoisotopic (exact) mass is 242 g/mol. The molecule has 0 bridgehead atoms. The molecule has 0 aromatic heterocycles. The van der Waals surface area contributed by atoms with Crippen LogP contribution in [0.3, 0.4) is 0 Å². The van der Waals surface area contributed by atoms with E-state index in [4.69, 9.17) is 17.3 Å². The smallest absolute Gasteiger partial charge is 0.147 e. The van der Waals surface area contributed by atoms with E-state index in [1.54, 1.807) is 6.34 Å². The lowest BCUT2D eigenvalue weighted by atomic mass is 10.2. The predicted molar refractivity (Wildman–Crippen MR) is 64.3 cm³/mol. The van der Waals surface area contributed by atoms with E-state index in [0.717, 1.165) is 0 Å². The largest absolute Gasteiger partial charge is 0.396 e. The fourth-order valence-corrected chi connectivity index (χ4v) is 1.79. The van der Waals surface area contributed by atoms with E-state index in [1.165, 1.54) is 12.1 Å². The van der Waals surface area contributed by atoms with Crippen molar-refractivity contribution >= 4 is 29.3 Å². The molecule has 0 fully saturated rings. The molecule has 0 unspecified atom stereocenters. The van der Waals surface area contributed by atoms with Crippen LogP contribution >= 0.6 is 11.6 Å². The zero-order valence-electron chi connectivity index (χ0n) is 8.82. The molecule has 1 heterocycles. The van der Waals surface area contributed by atoms with Crippen LogP contribution in [0, 0.1) is 5.82 Å². The summed E-state index contributed by atoms with van der Waals surface area (Å²) in [6.45, 7) is 1.29. The highest BCUT2D eigenvalue weighted by Gasteiger charge is 2.15. The van der Waals surface area contributed by atoms with Crippen molar-refractivity contribution in [2.24, 2.45) is 4.99 Å². The fourth-order valence-electron chi connectivity index (χ4n) is 1.53. The van der Waals surface area contributed by atoms with Gasteiger partial charge in [0, 0.05) is 0 Å². The van der Waals surface area contributed by atoms with Crippen LogP contribution in [0.15, 0.2) is 17.1 Å². The molecule has 0 amide bonds. The van der Waals surface area contributed by atoms with Crippen molar-refractivity contribution < 1.29 is 4.39 Å². The van der Waals surface area contributed by atoms with Gasteiger partial charge in [-0.25, -0.2) is 4.39 Å². The number of nitrogens with two attached hydrogens (primary N) is 1. The number of nitrogens with zero attached hydrogens (tertiary/aromatic N) is 3.